The Labute approximate surface area is 141 Å². The van der Waals surface area contributed by atoms with Crippen molar-refractivity contribution in [2.24, 2.45) is 0 Å². The van der Waals surface area contributed by atoms with Gasteiger partial charge in [-0.1, -0.05) is 18.2 Å². The minimum absolute atomic E-state index is 0.0845. The van der Waals surface area contributed by atoms with Crippen LogP contribution in [0.4, 0.5) is 0 Å². The Morgan fingerprint density at radius 1 is 1.30 bits per heavy atom. The maximum absolute atomic E-state index is 12.0. The van der Waals surface area contributed by atoms with Crippen molar-refractivity contribution in [3.05, 3.63) is 58.3 Å². The minimum Gasteiger partial charge on any atom is -0.497 e. The van der Waals surface area contributed by atoms with Crippen LogP contribution in [0.25, 0.3) is 6.08 Å². The van der Waals surface area contributed by atoms with E-state index in [0.717, 1.165) is 16.2 Å². The van der Waals surface area contributed by atoms with Gasteiger partial charge in [0.2, 0.25) is 5.91 Å². The summed E-state index contributed by atoms with van der Waals surface area (Å²) in [6.45, 7) is 0.549. The number of carbonyl (C=O) groups excluding carboxylic acids is 1. The molecular formula is C18H22N2O2S. The number of benzene rings is 1. The second-order valence-electron chi connectivity index (χ2n) is 5.35. The molecule has 23 heavy (non-hydrogen) atoms. The van der Waals surface area contributed by atoms with Crippen molar-refractivity contribution in [1.29, 1.82) is 0 Å². The van der Waals surface area contributed by atoms with Crippen molar-refractivity contribution in [1.82, 2.24) is 10.2 Å². The summed E-state index contributed by atoms with van der Waals surface area (Å²) in [6.07, 6.45) is 3.41. The lowest BCUT2D eigenvalue weighted by atomic mass is 10.1. The van der Waals surface area contributed by atoms with Gasteiger partial charge in [0.05, 0.1) is 13.2 Å². The molecule has 0 saturated heterocycles. The van der Waals surface area contributed by atoms with Gasteiger partial charge in [-0.3, -0.25) is 4.79 Å². The molecular weight excluding hydrogens is 308 g/mol. The summed E-state index contributed by atoms with van der Waals surface area (Å²) in [5.74, 6) is 0.743. The van der Waals surface area contributed by atoms with Gasteiger partial charge in [0.15, 0.2) is 0 Å². The lowest BCUT2D eigenvalue weighted by Gasteiger charge is -2.25. The highest BCUT2D eigenvalue weighted by Gasteiger charge is 2.14. The number of likely N-dealkylation sites (N-methyl/N-ethyl adjacent to an activating group) is 1. The van der Waals surface area contributed by atoms with E-state index >= 15 is 0 Å². The molecule has 0 radical (unpaired) electrons. The van der Waals surface area contributed by atoms with Crippen LogP contribution in [-0.4, -0.2) is 38.6 Å². The largest absolute Gasteiger partial charge is 0.497 e. The number of hydrogen-bond acceptors (Lipinski definition) is 4. The Morgan fingerprint density at radius 2 is 2.04 bits per heavy atom. The molecule has 1 unspecified atom stereocenters. The van der Waals surface area contributed by atoms with Crippen molar-refractivity contribution < 1.29 is 9.53 Å². The summed E-state index contributed by atoms with van der Waals surface area (Å²) in [5.41, 5.74) is 1.14. The highest BCUT2D eigenvalue weighted by atomic mass is 32.1. The van der Waals surface area contributed by atoms with E-state index in [2.05, 4.69) is 10.2 Å². The van der Waals surface area contributed by atoms with E-state index in [0.29, 0.717) is 6.54 Å². The Balaban J connectivity index is 1.95. The molecule has 0 aliphatic heterocycles. The smallest absolute Gasteiger partial charge is 0.244 e. The molecule has 0 spiro atoms. The molecule has 0 aliphatic rings. The molecule has 1 N–H and O–H groups in total. The van der Waals surface area contributed by atoms with Gasteiger partial charge >= 0.3 is 0 Å². The number of ether oxygens (including phenoxy) is 1. The van der Waals surface area contributed by atoms with Gasteiger partial charge in [-0.05, 0) is 49.3 Å². The van der Waals surface area contributed by atoms with Crippen LogP contribution >= 0.6 is 11.3 Å². The molecule has 0 saturated carbocycles. The number of nitrogens with zero attached hydrogens (tertiary/aromatic N) is 1. The molecule has 0 aliphatic carbocycles. The molecule has 0 bridgehead atoms. The van der Waals surface area contributed by atoms with Gasteiger partial charge in [-0.15, -0.1) is 11.3 Å². The van der Waals surface area contributed by atoms with Crippen LogP contribution in [0.1, 0.15) is 16.5 Å². The fourth-order valence-corrected chi connectivity index (χ4v) is 2.84. The zero-order valence-corrected chi connectivity index (χ0v) is 14.5. The second-order valence-corrected chi connectivity index (χ2v) is 6.33. The highest BCUT2D eigenvalue weighted by molar-refractivity contribution is 7.10. The van der Waals surface area contributed by atoms with Crippen LogP contribution in [-0.2, 0) is 4.79 Å². The van der Waals surface area contributed by atoms with E-state index in [1.165, 1.54) is 0 Å². The van der Waals surface area contributed by atoms with E-state index in [4.69, 9.17) is 4.74 Å². The van der Waals surface area contributed by atoms with Gasteiger partial charge in [-0.2, -0.15) is 0 Å². The Hall–Kier alpha value is -2.11. The zero-order chi connectivity index (χ0) is 16.7. The number of amides is 1. The monoisotopic (exact) mass is 330 g/mol. The number of rotatable bonds is 7. The van der Waals surface area contributed by atoms with E-state index in [9.17, 15) is 4.79 Å². The van der Waals surface area contributed by atoms with Crippen molar-refractivity contribution in [3.8, 4) is 5.75 Å². The fraction of sp³-hybridized carbons (Fsp3) is 0.278. The summed E-state index contributed by atoms with van der Waals surface area (Å²) in [4.78, 5) is 15.1. The molecule has 2 aromatic rings. The second kappa shape index (κ2) is 8.50. The van der Waals surface area contributed by atoms with Gasteiger partial charge in [0.25, 0.3) is 0 Å². The number of hydrogen-bond donors (Lipinski definition) is 1. The number of nitrogens with one attached hydrogen (secondary N) is 1. The van der Waals surface area contributed by atoms with Crippen LogP contribution in [0.3, 0.4) is 0 Å². The zero-order valence-electron chi connectivity index (χ0n) is 13.7. The first-order valence-electron chi connectivity index (χ1n) is 7.40. The standard InChI is InChI=1S/C18H22N2O2S/c1-20(2)17(14-6-8-15(22-3)9-7-14)13-19-18(21)11-10-16-5-4-12-23-16/h4-12,17H,13H2,1-3H3,(H,19,21). The van der Waals surface area contributed by atoms with Crippen molar-refractivity contribution in [2.75, 3.05) is 27.7 Å². The molecule has 5 heteroatoms. The molecule has 1 aromatic heterocycles. The third kappa shape index (κ3) is 5.23. The molecule has 122 valence electrons. The van der Waals surface area contributed by atoms with Crippen LogP contribution in [0.5, 0.6) is 5.75 Å². The fourth-order valence-electron chi connectivity index (χ4n) is 2.22. The molecule has 1 amide bonds. The van der Waals surface area contributed by atoms with Crippen LogP contribution < -0.4 is 10.1 Å². The van der Waals surface area contributed by atoms with Crippen molar-refractivity contribution in [3.63, 3.8) is 0 Å². The Bertz CT molecular complexity index is 634. The molecule has 1 heterocycles. The number of methoxy groups -OCH3 is 1. The normalized spacial score (nSPS) is 12.5. The summed E-state index contributed by atoms with van der Waals surface area (Å²) < 4.78 is 5.18. The van der Waals surface area contributed by atoms with E-state index in [-0.39, 0.29) is 11.9 Å². The highest BCUT2D eigenvalue weighted by Crippen LogP contribution is 2.20. The third-order valence-electron chi connectivity index (χ3n) is 3.54. The van der Waals surface area contributed by atoms with Crippen molar-refractivity contribution >= 4 is 23.3 Å². The minimum atomic E-state index is -0.0845. The lowest BCUT2D eigenvalue weighted by Crippen LogP contribution is -2.33. The quantitative estimate of drug-likeness (QED) is 0.793. The average Bonchev–Trinajstić information content (AvgIpc) is 3.07. The first-order valence-corrected chi connectivity index (χ1v) is 8.28. The molecule has 0 fully saturated rings. The molecule has 1 atom stereocenters. The predicted molar refractivity (Wildman–Crippen MR) is 95.8 cm³/mol. The van der Waals surface area contributed by atoms with E-state index < -0.39 is 0 Å². The van der Waals surface area contributed by atoms with Crippen molar-refractivity contribution in [2.45, 2.75) is 6.04 Å². The summed E-state index contributed by atoms with van der Waals surface area (Å²) >= 11 is 1.61. The molecule has 4 nitrogen and oxygen atoms in total. The van der Waals surface area contributed by atoms with Gasteiger partial charge < -0.3 is 15.0 Å². The topological polar surface area (TPSA) is 41.6 Å². The first kappa shape index (κ1) is 17.2. The summed E-state index contributed by atoms with van der Waals surface area (Å²) in [7, 11) is 5.66. The molecule has 1 aromatic carbocycles. The van der Waals surface area contributed by atoms with E-state index in [1.807, 2.05) is 61.9 Å². The first-order chi connectivity index (χ1) is 11.1. The average molecular weight is 330 g/mol. The lowest BCUT2D eigenvalue weighted by molar-refractivity contribution is -0.116. The summed E-state index contributed by atoms with van der Waals surface area (Å²) in [6, 6.07) is 12.0. The van der Waals surface area contributed by atoms with Crippen LogP contribution in [0.15, 0.2) is 47.9 Å². The maximum atomic E-state index is 12.0. The SMILES string of the molecule is COc1ccc(C(CNC(=O)C=Cc2cccs2)N(C)C)cc1. The molecule has 2 rings (SSSR count). The third-order valence-corrected chi connectivity index (χ3v) is 4.37. The van der Waals surface area contributed by atoms with Crippen LogP contribution in [0, 0.1) is 0 Å². The Morgan fingerprint density at radius 3 is 2.61 bits per heavy atom. The summed E-state index contributed by atoms with van der Waals surface area (Å²) in [5, 5.41) is 4.95. The van der Waals surface area contributed by atoms with Gasteiger partial charge in [-0.25, -0.2) is 0 Å². The van der Waals surface area contributed by atoms with Crippen LogP contribution in [0.2, 0.25) is 0 Å². The number of carbonyl (C=O) groups is 1. The predicted octanol–water partition coefficient (Wildman–Crippen LogP) is 3.19. The van der Waals surface area contributed by atoms with E-state index in [1.54, 1.807) is 24.5 Å². The Kier molecular flexibility index (Phi) is 6.38. The number of thiophene rings is 1. The van der Waals surface area contributed by atoms with Gasteiger partial charge in [0.1, 0.15) is 5.75 Å². The maximum Gasteiger partial charge on any atom is 0.244 e. The van der Waals surface area contributed by atoms with Gasteiger partial charge in [0, 0.05) is 17.5 Å².